The van der Waals surface area contributed by atoms with Gasteiger partial charge in [-0.1, -0.05) is 35.9 Å². The average molecular weight is 627 g/mol. The second-order valence-corrected chi connectivity index (χ2v) is 10.5. The summed E-state index contributed by atoms with van der Waals surface area (Å²) in [4.78, 5) is 41.2. The summed E-state index contributed by atoms with van der Waals surface area (Å²) in [5.74, 6) is -1.46. The molecule has 1 aromatic heterocycles. The number of H-pyrrole nitrogens is 1. The zero-order valence-corrected chi connectivity index (χ0v) is 23.5. The fourth-order valence-electron chi connectivity index (χ4n) is 5.11. The van der Waals surface area contributed by atoms with Gasteiger partial charge in [0, 0.05) is 37.1 Å². The summed E-state index contributed by atoms with van der Waals surface area (Å²) in [6.07, 6.45) is -4.71. The number of nitrogens with one attached hydrogen (secondary N) is 2. The molecule has 1 atom stereocenters. The van der Waals surface area contributed by atoms with Crippen LogP contribution in [0.2, 0.25) is 5.02 Å². The normalized spacial score (nSPS) is 15.2. The number of piperazine rings is 1. The highest BCUT2D eigenvalue weighted by Gasteiger charge is 2.35. The van der Waals surface area contributed by atoms with Gasteiger partial charge in [-0.25, -0.2) is 14.3 Å². The summed E-state index contributed by atoms with van der Waals surface area (Å²) in [7, 11) is 0. The summed E-state index contributed by atoms with van der Waals surface area (Å²) in [5, 5.41) is 18.9. The molecule has 9 nitrogen and oxygen atoms in total. The Kier molecular flexibility index (Phi) is 8.55. The van der Waals surface area contributed by atoms with E-state index in [4.69, 9.17) is 11.6 Å². The number of rotatable bonds is 5. The predicted octanol–water partition coefficient (Wildman–Crippen LogP) is 5.60. The van der Waals surface area contributed by atoms with Crippen LogP contribution in [0.5, 0.6) is 0 Å². The molecule has 2 N–H and O–H groups in total. The van der Waals surface area contributed by atoms with Gasteiger partial charge in [-0.3, -0.25) is 9.59 Å². The van der Waals surface area contributed by atoms with Gasteiger partial charge in [-0.2, -0.15) is 23.5 Å². The Bertz CT molecular complexity index is 1860. The number of amides is 3. The van der Waals surface area contributed by atoms with E-state index in [2.05, 4.69) is 15.5 Å². The fourth-order valence-corrected chi connectivity index (χ4v) is 5.34. The van der Waals surface area contributed by atoms with Crippen LogP contribution in [0.25, 0.3) is 10.8 Å². The van der Waals surface area contributed by atoms with E-state index >= 15 is 0 Å². The van der Waals surface area contributed by atoms with Crippen molar-refractivity contribution in [2.24, 2.45) is 0 Å². The Morgan fingerprint density at radius 3 is 2.57 bits per heavy atom. The van der Waals surface area contributed by atoms with Crippen molar-refractivity contribution in [1.82, 2.24) is 20.0 Å². The summed E-state index contributed by atoms with van der Waals surface area (Å²) in [6.45, 7) is -0.184. The zero-order chi connectivity index (χ0) is 31.6. The predicted molar refractivity (Wildman–Crippen MR) is 154 cm³/mol. The second kappa shape index (κ2) is 12.3. The Morgan fingerprint density at radius 2 is 1.84 bits per heavy atom. The molecule has 14 heteroatoms. The van der Waals surface area contributed by atoms with E-state index in [0.29, 0.717) is 28.1 Å². The van der Waals surface area contributed by atoms with E-state index in [1.54, 1.807) is 24.3 Å². The molecule has 3 aromatic carbocycles. The third kappa shape index (κ3) is 6.35. The minimum Gasteiger partial charge on any atom is -0.331 e. The highest BCUT2D eigenvalue weighted by molar-refractivity contribution is 6.31. The zero-order valence-electron chi connectivity index (χ0n) is 22.8. The van der Waals surface area contributed by atoms with E-state index < -0.39 is 40.6 Å². The van der Waals surface area contributed by atoms with E-state index in [9.17, 15) is 37.2 Å². The van der Waals surface area contributed by atoms with Gasteiger partial charge in [0.1, 0.15) is 5.82 Å². The molecule has 2 heterocycles. The van der Waals surface area contributed by atoms with Crippen LogP contribution in [0.15, 0.2) is 65.5 Å². The topological polar surface area (TPSA) is 122 Å². The number of hydrogen-bond donors (Lipinski definition) is 2. The standard InChI is InChI=1S/C30H23ClF4N6O3/c31-24-7-6-18(15-23(24)30(33,34)35)37-29(44)40-11-12-41(19(16-40)9-10-36)28(43)22-13-17(5-8-25(22)32)14-26-20-3-1-2-4-21(20)27(42)39-38-26/h1-8,13,15,19H,9,11-12,14,16H2,(H,37,44)(H,39,42)/t19-/m0/s1. The van der Waals surface area contributed by atoms with Crippen molar-refractivity contribution < 1.29 is 27.2 Å². The van der Waals surface area contributed by atoms with Crippen LogP contribution in [0, 0.1) is 17.1 Å². The molecular formula is C30H23ClF4N6O3. The minimum atomic E-state index is -4.72. The van der Waals surface area contributed by atoms with Gasteiger partial charge in [0.25, 0.3) is 11.5 Å². The lowest BCUT2D eigenvalue weighted by Gasteiger charge is -2.40. The molecule has 1 saturated heterocycles. The molecule has 1 aliphatic heterocycles. The second-order valence-electron chi connectivity index (χ2n) is 10.1. The summed E-state index contributed by atoms with van der Waals surface area (Å²) >= 11 is 5.65. The lowest BCUT2D eigenvalue weighted by molar-refractivity contribution is -0.137. The van der Waals surface area contributed by atoms with Crippen molar-refractivity contribution in [2.75, 3.05) is 25.0 Å². The first-order valence-corrected chi connectivity index (χ1v) is 13.7. The number of hydrogen-bond acceptors (Lipinski definition) is 5. The molecule has 4 aromatic rings. The third-order valence-electron chi connectivity index (χ3n) is 7.29. The Labute approximate surface area is 252 Å². The first kappa shape index (κ1) is 30.5. The number of carbonyl (C=O) groups excluding carboxylic acids is 2. The number of urea groups is 1. The van der Waals surface area contributed by atoms with Crippen molar-refractivity contribution in [3.05, 3.63) is 104 Å². The average Bonchev–Trinajstić information content (AvgIpc) is 3.00. The molecule has 226 valence electrons. The lowest BCUT2D eigenvalue weighted by atomic mass is 10.0. The van der Waals surface area contributed by atoms with E-state index in [1.807, 2.05) is 6.07 Å². The lowest BCUT2D eigenvalue weighted by Crippen LogP contribution is -2.57. The summed E-state index contributed by atoms with van der Waals surface area (Å²) < 4.78 is 54.7. The molecule has 0 aliphatic carbocycles. The van der Waals surface area contributed by atoms with Crippen LogP contribution < -0.4 is 10.9 Å². The van der Waals surface area contributed by atoms with Gasteiger partial charge in [0.15, 0.2) is 0 Å². The van der Waals surface area contributed by atoms with Crippen LogP contribution in [-0.2, 0) is 12.6 Å². The molecule has 5 rings (SSSR count). The Morgan fingerprint density at radius 1 is 1.09 bits per heavy atom. The molecule has 1 fully saturated rings. The number of nitrogens with zero attached hydrogens (tertiary/aromatic N) is 4. The SMILES string of the molecule is N#CC[C@H]1CN(C(=O)Nc2ccc(Cl)c(C(F)(F)F)c2)CCN1C(=O)c1cc(Cc2n[nH]c(=O)c3ccccc23)ccc1F. The van der Waals surface area contributed by atoms with Crippen molar-refractivity contribution in [2.45, 2.75) is 25.1 Å². The first-order chi connectivity index (χ1) is 21.0. The number of carbonyl (C=O) groups is 2. The Balaban J connectivity index is 1.33. The van der Waals surface area contributed by atoms with Gasteiger partial charge in [-0.05, 0) is 42.0 Å². The number of aromatic amines is 1. The van der Waals surface area contributed by atoms with Gasteiger partial charge in [-0.15, -0.1) is 0 Å². The van der Waals surface area contributed by atoms with Gasteiger partial charge < -0.3 is 15.1 Å². The number of benzene rings is 3. The fraction of sp³-hybridized carbons (Fsp3) is 0.233. The molecular weight excluding hydrogens is 604 g/mol. The number of aromatic nitrogens is 2. The molecule has 0 radical (unpaired) electrons. The van der Waals surface area contributed by atoms with Gasteiger partial charge in [0.2, 0.25) is 0 Å². The largest absolute Gasteiger partial charge is 0.417 e. The number of halogens is 5. The maximum Gasteiger partial charge on any atom is 0.417 e. The molecule has 0 unspecified atom stereocenters. The van der Waals surface area contributed by atoms with Crippen LogP contribution in [0.4, 0.5) is 28.0 Å². The highest BCUT2D eigenvalue weighted by Crippen LogP contribution is 2.36. The molecule has 0 spiro atoms. The molecule has 3 amide bonds. The van der Waals surface area contributed by atoms with Gasteiger partial charge in [0.05, 0.1) is 45.8 Å². The molecule has 1 aliphatic rings. The van der Waals surface area contributed by atoms with E-state index in [0.717, 1.165) is 12.1 Å². The molecule has 0 bridgehead atoms. The van der Waals surface area contributed by atoms with Crippen molar-refractivity contribution in [3.8, 4) is 6.07 Å². The summed E-state index contributed by atoms with van der Waals surface area (Å²) in [6, 6.07) is 14.3. The maximum absolute atomic E-state index is 15.0. The number of nitriles is 1. The molecule has 44 heavy (non-hydrogen) atoms. The maximum atomic E-state index is 15.0. The third-order valence-corrected chi connectivity index (χ3v) is 7.62. The van der Waals surface area contributed by atoms with Crippen LogP contribution >= 0.6 is 11.6 Å². The van der Waals surface area contributed by atoms with Crippen molar-refractivity contribution in [1.29, 1.82) is 5.26 Å². The first-order valence-electron chi connectivity index (χ1n) is 13.3. The van der Waals surface area contributed by atoms with Gasteiger partial charge >= 0.3 is 12.2 Å². The van der Waals surface area contributed by atoms with Crippen LogP contribution in [-0.4, -0.2) is 57.6 Å². The number of anilines is 1. The smallest absolute Gasteiger partial charge is 0.331 e. The minimum absolute atomic E-state index is 0.0200. The quantitative estimate of drug-likeness (QED) is 0.280. The van der Waals surface area contributed by atoms with Crippen molar-refractivity contribution >= 4 is 40.0 Å². The van der Waals surface area contributed by atoms with Crippen LogP contribution in [0.1, 0.15) is 33.6 Å². The monoisotopic (exact) mass is 626 g/mol. The molecule has 0 saturated carbocycles. The number of alkyl halides is 3. The van der Waals surface area contributed by atoms with Crippen molar-refractivity contribution in [3.63, 3.8) is 0 Å². The van der Waals surface area contributed by atoms with E-state index in [1.165, 1.54) is 28.0 Å². The number of fused-ring (bicyclic) bond motifs is 1. The highest BCUT2D eigenvalue weighted by atomic mass is 35.5. The summed E-state index contributed by atoms with van der Waals surface area (Å²) in [5.41, 5.74) is -0.757. The van der Waals surface area contributed by atoms with E-state index in [-0.39, 0.29) is 49.3 Å². The Hall–Kier alpha value is -4.96. The van der Waals surface area contributed by atoms with Crippen LogP contribution in [0.3, 0.4) is 0 Å².